The maximum Gasteiger partial charge on any atom is 0.229 e. The molecule has 4 heteroatoms. The van der Waals surface area contributed by atoms with Gasteiger partial charge in [-0.1, -0.05) is 20.8 Å². The normalized spacial score (nSPS) is 11.3. The number of nitrogens with one attached hydrogen (secondary N) is 1. The molecule has 1 aromatic carbocycles. The van der Waals surface area contributed by atoms with Gasteiger partial charge in [0.2, 0.25) is 5.91 Å². The van der Waals surface area contributed by atoms with Crippen molar-refractivity contribution in [2.45, 2.75) is 34.6 Å². The molecule has 0 aromatic heterocycles. The SMILES string of the molecule is COc1c(C)cc(NC(=O)C(C)(C)C)c(Br)c1C. The summed E-state index contributed by atoms with van der Waals surface area (Å²) in [4.78, 5) is 12.0. The van der Waals surface area contributed by atoms with Crippen LogP contribution in [0.3, 0.4) is 0 Å². The van der Waals surface area contributed by atoms with E-state index >= 15 is 0 Å². The fraction of sp³-hybridized carbons (Fsp3) is 0.500. The summed E-state index contributed by atoms with van der Waals surface area (Å²) < 4.78 is 6.20. The lowest BCUT2D eigenvalue weighted by molar-refractivity contribution is -0.123. The number of benzene rings is 1. The highest BCUT2D eigenvalue weighted by Crippen LogP contribution is 2.36. The number of aryl methyl sites for hydroxylation is 1. The van der Waals surface area contributed by atoms with E-state index in [4.69, 9.17) is 4.74 Å². The van der Waals surface area contributed by atoms with Gasteiger partial charge in [0.1, 0.15) is 5.75 Å². The Morgan fingerprint density at radius 2 is 1.89 bits per heavy atom. The van der Waals surface area contributed by atoms with Gasteiger partial charge in [0.15, 0.2) is 0 Å². The van der Waals surface area contributed by atoms with Crippen molar-refractivity contribution < 1.29 is 9.53 Å². The summed E-state index contributed by atoms with van der Waals surface area (Å²) in [6.45, 7) is 9.59. The van der Waals surface area contributed by atoms with Crippen LogP contribution in [0.2, 0.25) is 0 Å². The first-order valence-corrected chi connectivity index (χ1v) is 6.63. The van der Waals surface area contributed by atoms with Crippen LogP contribution in [-0.2, 0) is 4.79 Å². The molecule has 0 saturated carbocycles. The molecule has 0 unspecified atom stereocenters. The monoisotopic (exact) mass is 313 g/mol. The van der Waals surface area contributed by atoms with Gasteiger partial charge in [0.25, 0.3) is 0 Å². The summed E-state index contributed by atoms with van der Waals surface area (Å²) >= 11 is 3.51. The third kappa shape index (κ3) is 3.05. The smallest absolute Gasteiger partial charge is 0.229 e. The summed E-state index contributed by atoms with van der Waals surface area (Å²) in [5, 5.41) is 2.94. The zero-order valence-corrected chi connectivity index (χ0v) is 13.4. The summed E-state index contributed by atoms with van der Waals surface area (Å²) in [7, 11) is 1.65. The highest BCUT2D eigenvalue weighted by molar-refractivity contribution is 9.10. The summed E-state index contributed by atoms with van der Waals surface area (Å²) in [5.41, 5.74) is 2.36. The third-order valence-electron chi connectivity index (χ3n) is 2.76. The van der Waals surface area contributed by atoms with Gasteiger partial charge >= 0.3 is 0 Å². The number of ether oxygens (including phenoxy) is 1. The van der Waals surface area contributed by atoms with E-state index in [0.29, 0.717) is 0 Å². The lowest BCUT2D eigenvalue weighted by atomic mass is 9.95. The van der Waals surface area contributed by atoms with Crippen LogP contribution in [0.5, 0.6) is 5.75 Å². The fourth-order valence-corrected chi connectivity index (χ4v) is 2.05. The van der Waals surface area contributed by atoms with Crippen molar-refractivity contribution >= 4 is 27.5 Å². The van der Waals surface area contributed by atoms with Gasteiger partial charge in [0.05, 0.1) is 12.8 Å². The van der Waals surface area contributed by atoms with Gasteiger partial charge in [0, 0.05) is 15.5 Å². The number of hydrogen-bond acceptors (Lipinski definition) is 2. The van der Waals surface area contributed by atoms with Gasteiger partial charge in [-0.15, -0.1) is 0 Å². The second-order valence-corrected chi connectivity index (χ2v) is 6.21. The molecule has 0 spiro atoms. The van der Waals surface area contributed by atoms with E-state index in [2.05, 4.69) is 21.2 Å². The Morgan fingerprint density at radius 3 is 2.33 bits per heavy atom. The van der Waals surface area contributed by atoms with E-state index in [1.807, 2.05) is 40.7 Å². The summed E-state index contributed by atoms with van der Waals surface area (Å²) in [6, 6.07) is 1.92. The van der Waals surface area contributed by atoms with Gasteiger partial charge in [-0.25, -0.2) is 0 Å². The van der Waals surface area contributed by atoms with Crippen LogP contribution >= 0.6 is 15.9 Å². The van der Waals surface area contributed by atoms with Crippen molar-refractivity contribution in [1.29, 1.82) is 0 Å². The number of rotatable bonds is 2. The highest BCUT2D eigenvalue weighted by atomic mass is 79.9. The van der Waals surface area contributed by atoms with Crippen molar-refractivity contribution in [3.05, 3.63) is 21.7 Å². The number of methoxy groups -OCH3 is 1. The molecule has 0 bridgehead atoms. The number of carbonyl (C=O) groups excluding carboxylic acids is 1. The molecular formula is C14H20BrNO2. The first-order valence-electron chi connectivity index (χ1n) is 5.83. The Morgan fingerprint density at radius 1 is 1.33 bits per heavy atom. The number of hydrogen-bond donors (Lipinski definition) is 1. The van der Waals surface area contributed by atoms with Gasteiger partial charge in [-0.3, -0.25) is 4.79 Å². The van der Waals surface area contributed by atoms with Crippen LogP contribution in [0.4, 0.5) is 5.69 Å². The topological polar surface area (TPSA) is 38.3 Å². The Labute approximate surface area is 117 Å². The second kappa shape index (κ2) is 5.31. The van der Waals surface area contributed by atoms with Gasteiger partial charge in [-0.2, -0.15) is 0 Å². The minimum atomic E-state index is -0.415. The molecule has 1 N–H and O–H groups in total. The maximum absolute atomic E-state index is 12.0. The molecule has 0 aliphatic rings. The quantitative estimate of drug-likeness (QED) is 0.894. The van der Waals surface area contributed by atoms with Crippen LogP contribution in [0.25, 0.3) is 0 Å². The van der Waals surface area contributed by atoms with Crippen LogP contribution in [0, 0.1) is 19.3 Å². The molecule has 0 fully saturated rings. The molecule has 0 saturated heterocycles. The first kappa shape index (κ1) is 15.0. The zero-order valence-electron chi connectivity index (χ0n) is 11.8. The number of anilines is 1. The Bertz CT molecular complexity index is 476. The van der Waals surface area contributed by atoms with E-state index in [9.17, 15) is 4.79 Å². The average molecular weight is 314 g/mol. The third-order valence-corrected chi connectivity index (χ3v) is 3.78. The number of amides is 1. The summed E-state index contributed by atoms with van der Waals surface area (Å²) in [5.74, 6) is 0.836. The molecule has 1 amide bonds. The molecule has 0 heterocycles. The molecule has 0 aliphatic heterocycles. The van der Waals surface area contributed by atoms with E-state index in [0.717, 1.165) is 27.0 Å². The summed E-state index contributed by atoms with van der Waals surface area (Å²) in [6.07, 6.45) is 0. The molecule has 3 nitrogen and oxygen atoms in total. The van der Waals surface area contributed by atoms with Crippen molar-refractivity contribution in [3.63, 3.8) is 0 Å². The highest BCUT2D eigenvalue weighted by Gasteiger charge is 2.23. The van der Waals surface area contributed by atoms with Crippen LogP contribution in [0.1, 0.15) is 31.9 Å². The Balaban J connectivity index is 3.17. The fourth-order valence-electron chi connectivity index (χ4n) is 1.66. The van der Waals surface area contributed by atoms with Crippen LogP contribution in [-0.4, -0.2) is 13.0 Å². The number of halogens is 1. The molecule has 18 heavy (non-hydrogen) atoms. The molecule has 100 valence electrons. The largest absolute Gasteiger partial charge is 0.496 e. The average Bonchev–Trinajstić information content (AvgIpc) is 2.24. The van der Waals surface area contributed by atoms with E-state index in [-0.39, 0.29) is 5.91 Å². The lowest BCUT2D eigenvalue weighted by Crippen LogP contribution is -2.27. The molecule has 0 aliphatic carbocycles. The second-order valence-electron chi connectivity index (χ2n) is 5.42. The van der Waals surface area contributed by atoms with Crippen LogP contribution in [0.15, 0.2) is 10.5 Å². The standard InChI is InChI=1S/C14H20BrNO2/c1-8-7-10(16-13(17)14(3,4)5)11(15)9(2)12(8)18-6/h7H,1-6H3,(H,16,17). The van der Waals surface area contributed by atoms with Crippen molar-refractivity contribution in [2.24, 2.45) is 5.41 Å². The molecule has 0 atom stereocenters. The predicted molar refractivity (Wildman–Crippen MR) is 78.3 cm³/mol. The Hall–Kier alpha value is -1.03. The van der Waals surface area contributed by atoms with Gasteiger partial charge in [-0.05, 0) is 41.4 Å². The van der Waals surface area contributed by atoms with E-state index in [1.54, 1.807) is 7.11 Å². The molecule has 1 aromatic rings. The molecule has 1 rings (SSSR count). The predicted octanol–water partition coefficient (Wildman–Crippen LogP) is 4.06. The maximum atomic E-state index is 12.0. The first-order chi connectivity index (χ1) is 8.18. The molecule has 0 radical (unpaired) electrons. The van der Waals surface area contributed by atoms with E-state index in [1.165, 1.54) is 0 Å². The number of carbonyl (C=O) groups is 1. The minimum Gasteiger partial charge on any atom is -0.496 e. The Kier molecular flexibility index (Phi) is 4.43. The van der Waals surface area contributed by atoms with Crippen molar-refractivity contribution in [2.75, 3.05) is 12.4 Å². The van der Waals surface area contributed by atoms with E-state index < -0.39 is 5.41 Å². The minimum absolute atomic E-state index is 0.00725. The zero-order chi connectivity index (χ0) is 14.1. The molecular weight excluding hydrogens is 294 g/mol. The van der Waals surface area contributed by atoms with Crippen molar-refractivity contribution in [1.82, 2.24) is 0 Å². The van der Waals surface area contributed by atoms with Gasteiger partial charge < -0.3 is 10.1 Å². The van der Waals surface area contributed by atoms with Crippen LogP contribution < -0.4 is 10.1 Å². The van der Waals surface area contributed by atoms with Crippen molar-refractivity contribution in [3.8, 4) is 5.75 Å². The lowest BCUT2D eigenvalue weighted by Gasteiger charge is -2.20.